The summed E-state index contributed by atoms with van der Waals surface area (Å²) in [5.74, 6) is -0.140. The topological polar surface area (TPSA) is 77.2 Å². The largest absolute Gasteiger partial charge is 0.396 e. The van der Waals surface area contributed by atoms with Crippen molar-refractivity contribution in [2.75, 3.05) is 18.9 Å². The van der Waals surface area contributed by atoms with E-state index in [1.807, 2.05) is 19.1 Å². The summed E-state index contributed by atoms with van der Waals surface area (Å²) in [5.41, 5.74) is 6.89. The Labute approximate surface area is 121 Å². The number of fused-ring (bicyclic) bond motifs is 1. The molecule has 1 amide bonds. The molecule has 3 N–H and O–H groups in total. The van der Waals surface area contributed by atoms with Crippen LogP contribution in [0.25, 0.3) is 10.2 Å². The average Bonchev–Trinajstić information content (AvgIpc) is 2.77. The van der Waals surface area contributed by atoms with Crippen LogP contribution in [0.1, 0.15) is 29.4 Å². The van der Waals surface area contributed by atoms with Gasteiger partial charge in [0.1, 0.15) is 10.4 Å². The van der Waals surface area contributed by atoms with Gasteiger partial charge in [-0.1, -0.05) is 0 Å². The summed E-state index contributed by atoms with van der Waals surface area (Å²) in [6, 6.07) is 3.77. The van der Waals surface area contributed by atoms with E-state index in [2.05, 4.69) is 10.3 Å². The molecular weight excluding hydrogens is 274 g/mol. The molecule has 0 aromatic carbocycles. The van der Waals surface area contributed by atoms with E-state index in [9.17, 15) is 4.79 Å². The SMILES string of the molecule is CC1(NC(=O)c2sc3cccnc3c2N)CCCOC1. The molecule has 1 saturated heterocycles. The third-order valence-electron chi connectivity index (χ3n) is 3.54. The molecule has 1 aliphatic heterocycles. The fourth-order valence-corrected chi connectivity index (χ4v) is 3.46. The second kappa shape index (κ2) is 5.03. The summed E-state index contributed by atoms with van der Waals surface area (Å²) in [5, 5.41) is 3.05. The second-order valence-corrected chi connectivity index (χ2v) is 6.42. The Morgan fingerprint density at radius 2 is 2.45 bits per heavy atom. The van der Waals surface area contributed by atoms with Crippen LogP contribution in [0.5, 0.6) is 0 Å². The summed E-state index contributed by atoms with van der Waals surface area (Å²) in [7, 11) is 0. The minimum Gasteiger partial charge on any atom is -0.396 e. The van der Waals surface area contributed by atoms with Crippen LogP contribution in [-0.2, 0) is 4.74 Å². The number of aromatic nitrogens is 1. The summed E-state index contributed by atoms with van der Waals surface area (Å²) < 4.78 is 6.39. The van der Waals surface area contributed by atoms with Crippen molar-refractivity contribution < 1.29 is 9.53 Å². The van der Waals surface area contributed by atoms with Crippen molar-refractivity contribution in [3.05, 3.63) is 23.2 Å². The van der Waals surface area contributed by atoms with Crippen LogP contribution >= 0.6 is 11.3 Å². The molecule has 1 atom stereocenters. The molecule has 3 heterocycles. The molecule has 3 rings (SSSR count). The Morgan fingerprint density at radius 1 is 1.60 bits per heavy atom. The van der Waals surface area contributed by atoms with Gasteiger partial charge >= 0.3 is 0 Å². The third-order valence-corrected chi connectivity index (χ3v) is 4.70. The second-order valence-electron chi connectivity index (χ2n) is 5.37. The minimum atomic E-state index is -0.314. The van der Waals surface area contributed by atoms with Gasteiger partial charge in [-0.25, -0.2) is 0 Å². The Bertz CT molecular complexity index is 647. The van der Waals surface area contributed by atoms with Crippen LogP contribution in [-0.4, -0.2) is 29.6 Å². The number of hydrogen-bond donors (Lipinski definition) is 2. The van der Waals surface area contributed by atoms with E-state index in [1.165, 1.54) is 11.3 Å². The van der Waals surface area contributed by atoms with Crippen molar-refractivity contribution in [3.63, 3.8) is 0 Å². The van der Waals surface area contributed by atoms with Crippen LogP contribution in [0.15, 0.2) is 18.3 Å². The number of amides is 1. The standard InChI is InChI=1S/C14H17N3O2S/c1-14(5-3-7-19-8-14)17-13(18)12-10(15)11-9(20-12)4-2-6-16-11/h2,4,6H,3,5,7-8,15H2,1H3,(H,17,18). The minimum absolute atomic E-state index is 0.140. The lowest BCUT2D eigenvalue weighted by Gasteiger charge is -2.34. The molecule has 0 aliphatic carbocycles. The fraction of sp³-hybridized carbons (Fsp3) is 0.429. The van der Waals surface area contributed by atoms with Crippen molar-refractivity contribution in [1.29, 1.82) is 0 Å². The molecule has 5 nitrogen and oxygen atoms in total. The smallest absolute Gasteiger partial charge is 0.264 e. The first kappa shape index (κ1) is 13.3. The number of nitrogen functional groups attached to an aromatic ring is 1. The maximum atomic E-state index is 12.4. The molecule has 1 unspecified atom stereocenters. The van der Waals surface area contributed by atoms with Gasteiger partial charge in [-0.2, -0.15) is 0 Å². The Kier molecular flexibility index (Phi) is 3.35. The number of ether oxygens (including phenoxy) is 1. The van der Waals surface area contributed by atoms with Crippen LogP contribution < -0.4 is 11.1 Å². The third kappa shape index (κ3) is 2.36. The maximum absolute atomic E-state index is 12.4. The Balaban J connectivity index is 1.87. The van der Waals surface area contributed by atoms with E-state index < -0.39 is 0 Å². The van der Waals surface area contributed by atoms with Gasteiger partial charge in [-0.05, 0) is 31.9 Å². The highest BCUT2D eigenvalue weighted by Gasteiger charge is 2.31. The number of carbonyl (C=O) groups excluding carboxylic acids is 1. The van der Waals surface area contributed by atoms with Crippen LogP contribution in [0.3, 0.4) is 0 Å². The number of rotatable bonds is 2. The number of nitrogens with one attached hydrogen (secondary N) is 1. The normalized spacial score (nSPS) is 22.9. The number of pyridine rings is 1. The molecule has 0 spiro atoms. The predicted octanol–water partition coefficient (Wildman–Crippen LogP) is 2.18. The lowest BCUT2D eigenvalue weighted by atomic mass is 9.95. The van der Waals surface area contributed by atoms with Crippen molar-refractivity contribution in [3.8, 4) is 0 Å². The molecule has 20 heavy (non-hydrogen) atoms. The summed E-state index contributed by atoms with van der Waals surface area (Å²) in [6.45, 7) is 3.31. The fourth-order valence-electron chi connectivity index (χ4n) is 2.48. The molecule has 0 radical (unpaired) electrons. The molecular formula is C14H17N3O2S. The predicted molar refractivity (Wildman–Crippen MR) is 80.0 cm³/mol. The van der Waals surface area contributed by atoms with Gasteiger partial charge in [0.25, 0.3) is 5.91 Å². The first-order valence-electron chi connectivity index (χ1n) is 6.62. The molecule has 6 heteroatoms. The quantitative estimate of drug-likeness (QED) is 0.889. The number of hydrogen-bond acceptors (Lipinski definition) is 5. The number of carbonyl (C=O) groups is 1. The Hall–Kier alpha value is -1.66. The van der Waals surface area contributed by atoms with Gasteiger partial charge in [-0.15, -0.1) is 11.3 Å². The summed E-state index contributed by atoms with van der Waals surface area (Å²) in [6.07, 6.45) is 3.56. The highest BCUT2D eigenvalue weighted by molar-refractivity contribution is 7.21. The van der Waals surface area contributed by atoms with Gasteiger partial charge in [0, 0.05) is 12.8 Å². The number of anilines is 1. The highest BCUT2D eigenvalue weighted by atomic mass is 32.1. The lowest BCUT2D eigenvalue weighted by molar-refractivity contribution is 0.0274. The summed E-state index contributed by atoms with van der Waals surface area (Å²) in [4.78, 5) is 17.2. The molecule has 0 saturated carbocycles. The zero-order valence-corrected chi connectivity index (χ0v) is 12.1. The number of thiophene rings is 1. The van der Waals surface area contributed by atoms with E-state index in [0.717, 1.165) is 24.1 Å². The van der Waals surface area contributed by atoms with Gasteiger partial charge in [-0.3, -0.25) is 9.78 Å². The van der Waals surface area contributed by atoms with E-state index in [4.69, 9.17) is 10.5 Å². The van der Waals surface area contributed by atoms with Gasteiger partial charge in [0.2, 0.25) is 0 Å². The van der Waals surface area contributed by atoms with E-state index in [1.54, 1.807) is 6.20 Å². The van der Waals surface area contributed by atoms with Crippen LogP contribution in [0.4, 0.5) is 5.69 Å². The zero-order valence-electron chi connectivity index (χ0n) is 11.3. The van der Waals surface area contributed by atoms with Crippen LogP contribution in [0, 0.1) is 0 Å². The van der Waals surface area contributed by atoms with E-state index in [-0.39, 0.29) is 11.4 Å². The first-order valence-corrected chi connectivity index (χ1v) is 7.44. The average molecular weight is 291 g/mol. The summed E-state index contributed by atoms with van der Waals surface area (Å²) >= 11 is 1.38. The van der Waals surface area contributed by atoms with Crippen molar-refractivity contribution in [2.45, 2.75) is 25.3 Å². The van der Waals surface area contributed by atoms with Gasteiger partial charge in [0.05, 0.1) is 22.5 Å². The van der Waals surface area contributed by atoms with Gasteiger partial charge in [0.15, 0.2) is 0 Å². The lowest BCUT2D eigenvalue weighted by Crippen LogP contribution is -2.51. The number of nitrogens with two attached hydrogens (primary N) is 1. The first-order chi connectivity index (χ1) is 9.59. The van der Waals surface area contributed by atoms with E-state index >= 15 is 0 Å². The molecule has 1 aliphatic rings. The highest BCUT2D eigenvalue weighted by Crippen LogP contribution is 2.32. The van der Waals surface area contributed by atoms with Gasteiger partial charge < -0.3 is 15.8 Å². The van der Waals surface area contributed by atoms with Crippen molar-refractivity contribution in [1.82, 2.24) is 10.3 Å². The zero-order chi connectivity index (χ0) is 14.2. The van der Waals surface area contributed by atoms with Crippen molar-refractivity contribution in [2.24, 2.45) is 0 Å². The Morgan fingerprint density at radius 3 is 3.15 bits per heavy atom. The van der Waals surface area contributed by atoms with Crippen molar-refractivity contribution >= 4 is 33.1 Å². The molecule has 2 aromatic heterocycles. The molecule has 106 valence electrons. The molecule has 0 bridgehead atoms. The molecule has 1 fully saturated rings. The maximum Gasteiger partial charge on any atom is 0.264 e. The molecule has 2 aromatic rings. The monoisotopic (exact) mass is 291 g/mol. The van der Waals surface area contributed by atoms with E-state index in [0.29, 0.717) is 22.7 Å². The number of nitrogens with zero attached hydrogens (tertiary/aromatic N) is 1. The van der Waals surface area contributed by atoms with Crippen LogP contribution in [0.2, 0.25) is 0 Å².